The van der Waals surface area contributed by atoms with Gasteiger partial charge in [-0.2, -0.15) is 4.91 Å². The average molecular weight is 489 g/mol. The number of hydrogen-bond donors (Lipinski definition) is 1. The van der Waals surface area contributed by atoms with Gasteiger partial charge in [-0.1, -0.05) is 47.5 Å². The molecule has 4 rings (SSSR count). The van der Waals surface area contributed by atoms with Crippen molar-refractivity contribution in [3.8, 4) is 17.6 Å². The van der Waals surface area contributed by atoms with Gasteiger partial charge in [0, 0.05) is 29.4 Å². The van der Waals surface area contributed by atoms with Crippen LogP contribution >= 0.6 is 11.3 Å². The highest BCUT2D eigenvalue weighted by atomic mass is 32.1. The molecule has 1 aromatic heterocycles. The molecule has 1 atom stereocenters. The number of fused-ring (bicyclic) bond motifs is 1. The summed E-state index contributed by atoms with van der Waals surface area (Å²) in [5, 5.41) is 12.1. The SMILES string of the molecule is CC#C[C@@H](CC(=O)O)c1ccc(OCc2cccc(CN3CCc4sc(CN=O)cc4C3)c2)cc1. The molecule has 7 heteroatoms. The number of nitroso groups, excluding NO2 is 1. The van der Waals surface area contributed by atoms with Crippen molar-refractivity contribution in [2.75, 3.05) is 6.54 Å². The molecule has 2 heterocycles. The van der Waals surface area contributed by atoms with Crippen molar-refractivity contribution in [2.24, 2.45) is 5.18 Å². The van der Waals surface area contributed by atoms with E-state index in [1.54, 1.807) is 18.3 Å². The van der Waals surface area contributed by atoms with E-state index >= 15 is 0 Å². The van der Waals surface area contributed by atoms with Crippen molar-refractivity contribution in [3.05, 3.63) is 91.5 Å². The van der Waals surface area contributed by atoms with Crippen LogP contribution in [0.15, 0.2) is 59.8 Å². The van der Waals surface area contributed by atoms with Crippen LogP contribution in [-0.4, -0.2) is 22.5 Å². The van der Waals surface area contributed by atoms with Crippen molar-refractivity contribution in [1.29, 1.82) is 0 Å². The quantitative estimate of drug-likeness (QED) is 0.291. The Hall–Kier alpha value is -3.47. The molecule has 6 nitrogen and oxygen atoms in total. The minimum atomic E-state index is -0.863. The summed E-state index contributed by atoms with van der Waals surface area (Å²) >= 11 is 1.71. The topological polar surface area (TPSA) is 79.2 Å². The molecule has 180 valence electrons. The average Bonchev–Trinajstić information content (AvgIpc) is 3.25. The van der Waals surface area contributed by atoms with Gasteiger partial charge in [-0.25, -0.2) is 0 Å². The lowest BCUT2D eigenvalue weighted by molar-refractivity contribution is -0.137. The van der Waals surface area contributed by atoms with Crippen LogP contribution in [0.4, 0.5) is 0 Å². The minimum Gasteiger partial charge on any atom is -0.489 e. The highest BCUT2D eigenvalue weighted by Crippen LogP contribution is 2.29. The summed E-state index contributed by atoms with van der Waals surface area (Å²) < 4.78 is 5.99. The minimum absolute atomic E-state index is 0.0182. The van der Waals surface area contributed by atoms with E-state index in [0.717, 1.165) is 47.8 Å². The smallest absolute Gasteiger partial charge is 0.304 e. The number of hydrogen-bond acceptors (Lipinski definition) is 6. The van der Waals surface area contributed by atoms with Crippen LogP contribution < -0.4 is 4.74 Å². The lowest BCUT2D eigenvalue weighted by Crippen LogP contribution is -2.29. The van der Waals surface area contributed by atoms with Gasteiger partial charge in [0.05, 0.1) is 12.3 Å². The second kappa shape index (κ2) is 11.8. The van der Waals surface area contributed by atoms with E-state index in [1.807, 2.05) is 24.3 Å². The first-order valence-electron chi connectivity index (χ1n) is 11.6. The monoisotopic (exact) mass is 488 g/mol. The summed E-state index contributed by atoms with van der Waals surface area (Å²) in [6.07, 6.45) is 0.991. The van der Waals surface area contributed by atoms with Gasteiger partial charge >= 0.3 is 5.97 Å². The summed E-state index contributed by atoms with van der Waals surface area (Å²) in [5.41, 5.74) is 4.53. The molecule has 0 saturated carbocycles. The van der Waals surface area contributed by atoms with Crippen molar-refractivity contribution < 1.29 is 14.6 Å². The third-order valence-corrected chi connectivity index (χ3v) is 7.22. The van der Waals surface area contributed by atoms with Crippen LogP contribution in [-0.2, 0) is 37.5 Å². The van der Waals surface area contributed by atoms with Crippen LogP contribution in [0.3, 0.4) is 0 Å². The Balaban J connectivity index is 1.33. The summed E-state index contributed by atoms with van der Waals surface area (Å²) in [5.74, 6) is 5.33. The maximum Gasteiger partial charge on any atom is 0.304 e. The first kappa shape index (κ1) is 24.6. The number of thiophene rings is 1. The third-order valence-electron chi connectivity index (χ3n) is 6.00. The third kappa shape index (κ3) is 6.78. The van der Waals surface area contributed by atoms with Gasteiger partial charge in [0.1, 0.15) is 18.9 Å². The molecule has 3 aromatic rings. The predicted molar refractivity (Wildman–Crippen MR) is 137 cm³/mol. The molecule has 0 spiro atoms. The highest BCUT2D eigenvalue weighted by Gasteiger charge is 2.19. The van der Waals surface area contributed by atoms with Crippen LogP contribution in [0.1, 0.15) is 51.3 Å². The molecule has 0 unspecified atom stereocenters. The molecule has 0 amide bonds. The van der Waals surface area contributed by atoms with Crippen molar-refractivity contribution >= 4 is 17.3 Å². The van der Waals surface area contributed by atoms with Gasteiger partial charge in [-0.3, -0.25) is 9.69 Å². The Morgan fingerprint density at radius 3 is 2.74 bits per heavy atom. The molecule has 0 aliphatic carbocycles. The number of nitrogens with zero attached hydrogens (tertiary/aromatic N) is 2. The number of carboxylic acids is 1. The lowest BCUT2D eigenvalue weighted by Gasteiger charge is -2.27. The second-order valence-electron chi connectivity index (χ2n) is 8.63. The Bertz CT molecular complexity index is 1240. The fraction of sp³-hybridized carbons (Fsp3) is 0.321. The molecule has 0 fully saturated rings. The van der Waals surface area contributed by atoms with E-state index in [9.17, 15) is 9.70 Å². The molecule has 0 bridgehead atoms. The molecule has 1 aliphatic heterocycles. The van der Waals surface area contributed by atoms with Gasteiger partial charge < -0.3 is 9.84 Å². The highest BCUT2D eigenvalue weighted by molar-refractivity contribution is 7.12. The Morgan fingerprint density at radius 1 is 1.20 bits per heavy atom. The Kier molecular flexibility index (Phi) is 8.30. The van der Waals surface area contributed by atoms with Crippen molar-refractivity contribution in [1.82, 2.24) is 4.90 Å². The van der Waals surface area contributed by atoms with E-state index in [4.69, 9.17) is 9.84 Å². The summed E-state index contributed by atoms with van der Waals surface area (Å²) in [4.78, 5) is 26.5. The fourth-order valence-corrected chi connectivity index (χ4v) is 5.45. The van der Waals surface area contributed by atoms with Crippen LogP contribution in [0.25, 0.3) is 0 Å². The molecular weight excluding hydrogens is 460 g/mol. The summed E-state index contributed by atoms with van der Waals surface area (Å²) in [6.45, 7) is 5.19. The Morgan fingerprint density at radius 2 is 2.00 bits per heavy atom. The number of aliphatic carboxylic acids is 1. The van der Waals surface area contributed by atoms with Gasteiger partial charge in [-0.05, 0) is 53.8 Å². The zero-order valence-electron chi connectivity index (χ0n) is 19.7. The van der Waals surface area contributed by atoms with E-state index in [-0.39, 0.29) is 18.9 Å². The lowest BCUT2D eigenvalue weighted by atomic mass is 9.96. The second-order valence-corrected chi connectivity index (χ2v) is 9.85. The maximum absolute atomic E-state index is 11.1. The van der Waals surface area contributed by atoms with Gasteiger partial charge in [0.15, 0.2) is 0 Å². The zero-order chi connectivity index (χ0) is 24.6. The van der Waals surface area contributed by atoms with E-state index in [1.165, 1.54) is 16.0 Å². The van der Waals surface area contributed by atoms with E-state index in [2.05, 4.69) is 52.2 Å². The molecule has 1 aliphatic rings. The fourth-order valence-electron chi connectivity index (χ4n) is 4.37. The number of ether oxygens (including phenoxy) is 1. The van der Waals surface area contributed by atoms with Crippen LogP contribution in [0, 0.1) is 16.7 Å². The normalized spacial score (nSPS) is 13.9. The van der Waals surface area contributed by atoms with Crippen LogP contribution in [0.5, 0.6) is 5.75 Å². The largest absolute Gasteiger partial charge is 0.489 e. The van der Waals surface area contributed by atoms with Gasteiger partial charge in [0.2, 0.25) is 0 Å². The van der Waals surface area contributed by atoms with Crippen LogP contribution in [0.2, 0.25) is 0 Å². The van der Waals surface area contributed by atoms with Crippen molar-refractivity contribution in [3.63, 3.8) is 0 Å². The number of carbonyl (C=O) groups is 1. The van der Waals surface area contributed by atoms with Crippen molar-refractivity contribution in [2.45, 2.75) is 51.9 Å². The molecular formula is C28H28N2O4S. The Labute approximate surface area is 209 Å². The number of carboxylic acid groups (broad SMARTS) is 1. The van der Waals surface area contributed by atoms with E-state index < -0.39 is 5.97 Å². The molecule has 0 saturated heterocycles. The molecule has 1 N–H and O–H groups in total. The van der Waals surface area contributed by atoms with E-state index in [0.29, 0.717) is 6.61 Å². The van der Waals surface area contributed by atoms with Gasteiger partial charge in [-0.15, -0.1) is 17.3 Å². The maximum atomic E-state index is 11.1. The summed E-state index contributed by atoms with van der Waals surface area (Å²) in [6, 6.07) is 18.1. The predicted octanol–water partition coefficient (Wildman–Crippen LogP) is 5.73. The standard InChI is InChI=1S/C28H28N2O4S/c1-2-4-23(15-28(31)32)22-7-9-25(10-8-22)34-19-21-6-3-5-20(13-21)17-30-12-11-27-24(18-30)14-26(35-27)16-29-33/h3,5-10,13-14,23H,11-12,15-19H2,1H3,(H,31,32)/t23-/m0/s1. The number of rotatable bonds is 10. The molecule has 2 aromatic carbocycles. The summed E-state index contributed by atoms with van der Waals surface area (Å²) in [7, 11) is 0. The first-order valence-corrected chi connectivity index (χ1v) is 12.4. The molecule has 0 radical (unpaired) electrons. The van der Waals surface area contributed by atoms with Gasteiger partial charge in [0.25, 0.3) is 0 Å². The molecule has 35 heavy (non-hydrogen) atoms. The number of benzene rings is 2. The first-order chi connectivity index (χ1) is 17.0. The zero-order valence-corrected chi connectivity index (χ0v) is 20.5.